The van der Waals surface area contributed by atoms with Crippen molar-refractivity contribution in [1.82, 2.24) is 9.80 Å². The largest absolute Gasteiger partial charge is 0.468 e. The standard InChI is InChI=1S/C22H28N2O5/c1-15-8-4-7-11-17(15)22(12-18(25)23(2)14-20(27)29-3)13-19(26)24(21(22)28)16-9-5-6-10-16/h4,7-8,11,16H,5-6,9-10,12-14H2,1-3H3/t22-/m0/s1. The minimum Gasteiger partial charge on any atom is -0.468 e. The van der Waals surface area contributed by atoms with Gasteiger partial charge >= 0.3 is 5.97 Å². The van der Waals surface area contributed by atoms with Gasteiger partial charge in [-0.3, -0.25) is 24.1 Å². The zero-order chi connectivity index (χ0) is 21.2. The average Bonchev–Trinajstić information content (AvgIpc) is 3.29. The molecule has 1 aliphatic carbocycles. The molecule has 0 bridgehead atoms. The minimum absolute atomic E-state index is 0.0228. The van der Waals surface area contributed by atoms with E-state index in [1.807, 2.05) is 31.2 Å². The van der Waals surface area contributed by atoms with Gasteiger partial charge in [0.05, 0.1) is 12.5 Å². The highest BCUT2D eigenvalue weighted by atomic mass is 16.5. The van der Waals surface area contributed by atoms with Gasteiger partial charge in [-0.2, -0.15) is 0 Å². The molecule has 1 heterocycles. The number of benzene rings is 1. The first kappa shape index (κ1) is 21.0. The summed E-state index contributed by atoms with van der Waals surface area (Å²) in [6.07, 6.45) is 3.46. The quantitative estimate of drug-likeness (QED) is 0.538. The fourth-order valence-electron chi connectivity index (χ4n) is 4.59. The molecule has 7 nitrogen and oxygen atoms in total. The number of carbonyl (C=O) groups is 4. The smallest absolute Gasteiger partial charge is 0.325 e. The number of aryl methyl sites for hydroxylation is 1. The number of carbonyl (C=O) groups excluding carboxylic acids is 4. The highest BCUT2D eigenvalue weighted by molar-refractivity contribution is 6.11. The van der Waals surface area contributed by atoms with Crippen LogP contribution in [0.1, 0.15) is 49.7 Å². The lowest BCUT2D eigenvalue weighted by Gasteiger charge is -2.31. The van der Waals surface area contributed by atoms with Crippen LogP contribution in [-0.4, -0.2) is 60.2 Å². The van der Waals surface area contributed by atoms with Crippen LogP contribution < -0.4 is 0 Å². The topological polar surface area (TPSA) is 84.0 Å². The maximum atomic E-state index is 13.7. The SMILES string of the molecule is COC(=O)CN(C)C(=O)C[C@@]1(c2ccccc2C)CC(=O)N(C2CCCC2)C1=O. The van der Waals surface area contributed by atoms with Gasteiger partial charge in [0.15, 0.2) is 0 Å². The Labute approximate surface area is 171 Å². The second-order valence-corrected chi connectivity index (χ2v) is 8.08. The van der Waals surface area contributed by atoms with Crippen molar-refractivity contribution in [2.75, 3.05) is 20.7 Å². The van der Waals surface area contributed by atoms with Crippen molar-refractivity contribution in [3.05, 3.63) is 35.4 Å². The second kappa shape index (κ2) is 8.35. The summed E-state index contributed by atoms with van der Waals surface area (Å²) in [6.45, 7) is 1.68. The molecule has 1 saturated carbocycles. The molecule has 2 aliphatic rings. The molecule has 3 amide bonds. The van der Waals surface area contributed by atoms with E-state index in [2.05, 4.69) is 4.74 Å². The van der Waals surface area contributed by atoms with E-state index in [0.29, 0.717) is 5.56 Å². The Morgan fingerprint density at radius 2 is 1.86 bits per heavy atom. The first-order valence-corrected chi connectivity index (χ1v) is 10.0. The van der Waals surface area contributed by atoms with Gasteiger partial charge in [0.1, 0.15) is 6.54 Å². The van der Waals surface area contributed by atoms with Crippen LogP contribution in [0.25, 0.3) is 0 Å². The summed E-state index contributed by atoms with van der Waals surface area (Å²) in [7, 11) is 2.76. The Kier molecular flexibility index (Phi) is 6.05. The van der Waals surface area contributed by atoms with Gasteiger partial charge in [-0.05, 0) is 30.9 Å². The van der Waals surface area contributed by atoms with E-state index < -0.39 is 11.4 Å². The Bertz CT molecular complexity index is 830. The lowest BCUT2D eigenvalue weighted by Crippen LogP contribution is -2.46. The third-order valence-electron chi connectivity index (χ3n) is 6.17. The van der Waals surface area contributed by atoms with Gasteiger partial charge in [0, 0.05) is 25.9 Å². The molecule has 0 aromatic heterocycles. The number of ether oxygens (including phenoxy) is 1. The second-order valence-electron chi connectivity index (χ2n) is 8.08. The molecule has 0 spiro atoms. The van der Waals surface area contributed by atoms with Crippen LogP contribution in [0.5, 0.6) is 0 Å². The predicted molar refractivity (Wildman–Crippen MR) is 106 cm³/mol. The summed E-state index contributed by atoms with van der Waals surface area (Å²) in [6, 6.07) is 7.32. The number of likely N-dealkylation sites (N-methyl/N-ethyl adjacent to an activating group) is 1. The van der Waals surface area contributed by atoms with Gasteiger partial charge in [-0.1, -0.05) is 37.1 Å². The average molecular weight is 400 g/mol. The van der Waals surface area contributed by atoms with Gasteiger partial charge < -0.3 is 9.64 Å². The maximum Gasteiger partial charge on any atom is 0.325 e. The highest BCUT2D eigenvalue weighted by Gasteiger charge is 2.56. The molecule has 1 aromatic carbocycles. The van der Waals surface area contributed by atoms with E-state index in [-0.39, 0.29) is 43.1 Å². The van der Waals surface area contributed by atoms with Crippen molar-refractivity contribution in [3.63, 3.8) is 0 Å². The predicted octanol–water partition coefficient (Wildman–Crippen LogP) is 1.96. The summed E-state index contributed by atoms with van der Waals surface area (Å²) >= 11 is 0. The number of esters is 1. The van der Waals surface area contributed by atoms with Crippen LogP contribution in [0.3, 0.4) is 0 Å². The van der Waals surface area contributed by atoms with E-state index in [1.54, 1.807) is 0 Å². The van der Waals surface area contributed by atoms with E-state index in [1.165, 1.54) is 24.0 Å². The fraction of sp³-hybridized carbons (Fsp3) is 0.545. The summed E-state index contributed by atoms with van der Waals surface area (Å²) in [5.41, 5.74) is 0.343. The number of likely N-dealkylation sites (tertiary alicyclic amines) is 1. The number of nitrogens with zero attached hydrogens (tertiary/aromatic N) is 2. The highest BCUT2D eigenvalue weighted by Crippen LogP contribution is 2.44. The van der Waals surface area contributed by atoms with Crippen molar-refractivity contribution in [3.8, 4) is 0 Å². The van der Waals surface area contributed by atoms with E-state index >= 15 is 0 Å². The van der Waals surface area contributed by atoms with Gasteiger partial charge in [-0.25, -0.2) is 0 Å². The molecule has 29 heavy (non-hydrogen) atoms. The van der Waals surface area contributed by atoms with Crippen molar-refractivity contribution in [1.29, 1.82) is 0 Å². The van der Waals surface area contributed by atoms with Crippen molar-refractivity contribution in [2.45, 2.75) is 56.9 Å². The van der Waals surface area contributed by atoms with E-state index in [9.17, 15) is 19.2 Å². The number of amides is 3. The molecule has 1 saturated heterocycles. The first-order chi connectivity index (χ1) is 13.8. The molecule has 0 unspecified atom stereocenters. The molecule has 2 fully saturated rings. The summed E-state index contributed by atoms with van der Waals surface area (Å²) in [4.78, 5) is 53.8. The number of hydrogen-bond acceptors (Lipinski definition) is 5. The Hall–Kier alpha value is -2.70. The molecule has 3 rings (SSSR count). The molecule has 0 radical (unpaired) electrons. The van der Waals surface area contributed by atoms with Crippen LogP contribution in [0.4, 0.5) is 0 Å². The molecular formula is C22H28N2O5. The third kappa shape index (κ3) is 3.91. The summed E-state index contributed by atoms with van der Waals surface area (Å²) in [5.74, 6) is -1.41. The lowest BCUT2D eigenvalue weighted by molar-refractivity contribution is -0.147. The monoisotopic (exact) mass is 400 g/mol. The van der Waals surface area contributed by atoms with Crippen LogP contribution in [-0.2, 0) is 29.3 Å². The van der Waals surface area contributed by atoms with Crippen LogP contribution in [0, 0.1) is 6.92 Å². The Balaban J connectivity index is 1.97. The number of imide groups is 1. The molecular weight excluding hydrogens is 372 g/mol. The van der Waals surface area contributed by atoms with Crippen LogP contribution in [0.2, 0.25) is 0 Å². The number of rotatable bonds is 6. The van der Waals surface area contributed by atoms with E-state index in [0.717, 1.165) is 31.2 Å². The molecule has 7 heteroatoms. The normalized spacial score (nSPS) is 22.2. The number of methoxy groups -OCH3 is 1. The van der Waals surface area contributed by atoms with Crippen LogP contribution in [0.15, 0.2) is 24.3 Å². The fourth-order valence-corrected chi connectivity index (χ4v) is 4.59. The van der Waals surface area contributed by atoms with Crippen molar-refractivity contribution < 1.29 is 23.9 Å². The van der Waals surface area contributed by atoms with Crippen molar-refractivity contribution >= 4 is 23.7 Å². The molecule has 1 atom stereocenters. The van der Waals surface area contributed by atoms with Crippen LogP contribution >= 0.6 is 0 Å². The number of hydrogen-bond donors (Lipinski definition) is 0. The third-order valence-corrected chi connectivity index (χ3v) is 6.17. The molecule has 1 aromatic rings. The minimum atomic E-state index is -1.23. The molecule has 0 N–H and O–H groups in total. The summed E-state index contributed by atoms with van der Waals surface area (Å²) < 4.78 is 4.63. The van der Waals surface area contributed by atoms with Crippen molar-refractivity contribution in [2.24, 2.45) is 0 Å². The Morgan fingerprint density at radius 1 is 1.21 bits per heavy atom. The Morgan fingerprint density at radius 3 is 2.48 bits per heavy atom. The van der Waals surface area contributed by atoms with E-state index in [4.69, 9.17) is 0 Å². The zero-order valence-corrected chi connectivity index (χ0v) is 17.3. The summed E-state index contributed by atoms with van der Waals surface area (Å²) in [5, 5.41) is 0. The first-order valence-electron chi connectivity index (χ1n) is 10.0. The molecule has 1 aliphatic heterocycles. The van der Waals surface area contributed by atoms with Gasteiger partial charge in [-0.15, -0.1) is 0 Å². The molecule has 156 valence electrons. The van der Waals surface area contributed by atoms with Gasteiger partial charge in [0.2, 0.25) is 17.7 Å². The van der Waals surface area contributed by atoms with Gasteiger partial charge in [0.25, 0.3) is 0 Å². The maximum absolute atomic E-state index is 13.7. The lowest BCUT2D eigenvalue weighted by atomic mass is 9.74. The zero-order valence-electron chi connectivity index (χ0n) is 17.3.